The van der Waals surface area contributed by atoms with Gasteiger partial charge in [-0.25, -0.2) is 4.68 Å². The molecule has 1 aliphatic heterocycles. The van der Waals surface area contributed by atoms with Gasteiger partial charge >= 0.3 is 0 Å². The van der Waals surface area contributed by atoms with Gasteiger partial charge in [0.05, 0.1) is 5.70 Å². The van der Waals surface area contributed by atoms with E-state index in [4.69, 9.17) is 34.8 Å². The fraction of sp³-hybridized carbons (Fsp3) is 0.0588. The van der Waals surface area contributed by atoms with Crippen LogP contribution in [0.15, 0.2) is 48.8 Å². The number of hydrogen-bond donors (Lipinski definition) is 2. The first-order chi connectivity index (χ1) is 12.0. The fourth-order valence-corrected chi connectivity index (χ4v) is 3.47. The van der Waals surface area contributed by atoms with Gasteiger partial charge in [-0.15, -0.1) is 0 Å². The van der Waals surface area contributed by atoms with Crippen LogP contribution in [0.1, 0.15) is 17.2 Å². The molecular weight excluding hydrogens is 383 g/mol. The van der Waals surface area contributed by atoms with Crippen molar-refractivity contribution in [1.29, 1.82) is 0 Å². The van der Waals surface area contributed by atoms with Crippen LogP contribution >= 0.6 is 34.8 Å². The summed E-state index contributed by atoms with van der Waals surface area (Å²) in [4.78, 5) is 4.22. The average Bonchev–Trinajstić information content (AvgIpc) is 3.05. The van der Waals surface area contributed by atoms with E-state index in [-0.39, 0.29) is 11.8 Å². The molecule has 3 aromatic rings. The van der Waals surface area contributed by atoms with E-state index >= 15 is 0 Å². The van der Waals surface area contributed by atoms with E-state index in [1.165, 1.54) is 6.33 Å². The van der Waals surface area contributed by atoms with Gasteiger partial charge in [0.15, 0.2) is 0 Å². The average molecular weight is 394 g/mol. The topological polar surface area (TPSA) is 63.0 Å². The minimum Gasteiger partial charge on any atom is -0.507 e. The lowest BCUT2D eigenvalue weighted by atomic mass is 10.0. The number of anilines is 1. The highest BCUT2D eigenvalue weighted by Crippen LogP contribution is 2.38. The Labute approximate surface area is 158 Å². The van der Waals surface area contributed by atoms with Crippen LogP contribution in [0.4, 0.5) is 5.95 Å². The zero-order valence-electron chi connectivity index (χ0n) is 12.6. The van der Waals surface area contributed by atoms with Crippen LogP contribution in [-0.4, -0.2) is 19.9 Å². The number of nitrogens with one attached hydrogen (secondary N) is 1. The highest BCUT2D eigenvalue weighted by atomic mass is 35.5. The molecule has 2 heterocycles. The minimum atomic E-state index is -0.308. The Kier molecular flexibility index (Phi) is 4.07. The zero-order valence-corrected chi connectivity index (χ0v) is 14.9. The van der Waals surface area contributed by atoms with Crippen molar-refractivity contribution < 1.29 is 5.11 Å². The van der Waals surface area contributed by atoms with E-state index in [1.54, 1.807) is 35.0 Å². The molecule has 4 rings (SSSR count). The summed E-state index contributed by atoms with van der Waals surface area (Å²) >= 11 is 18.5. The predicted molar refractivity (Wildman–Crippen MR) is 99.3 cm³/mol. The molecule has 0 amide bonds. The molecule has 0 spiro atoms. The molecular formula is C17H11Cl3N4O. The number of benzene rings is 2. The maximum atomic E-state index is 10.2. The number of hydrogen-bond acceptors (Lipinski definition) is 4. The Morgan fingerprint density at radius 2 is 1.80 bits per heavy atom. The van der Waals surface area contributed by atoms with Gasteiger partial charge in [-0.2, -0.15) is 10.1 Å². The molecule has 1 aromatic heterocycles. The maximum absolute atomic E-state index is 10.2. The number of allylic oxidation sites excluding steroid dienone is 1. The van der Waals surface area contributed by atoms with Gasteiger partial charge < -0.3 is 10.4 Å². The summed E-state index contributed by atoms with van der Waals surface area (Å²) in [6, 6.07) is 9.84. The van der Waals surface area contributed by atoms with E-state index in [9.17, 15) is 5.11 Å². The van der Waals surface area contributed by atoms with Crippen LogP contribution in [0.3, 0.4) is 0 Å². The molecule has 5 nitrogen and oxygen atoms in total. The molecule has 1 atom stereocenters. The van der Waals surface area contributed by atoms with Gasteiger partial charge in [0.2, 0.25) is 5.95 Å². The third-order valence-electron chi connectivity index (χ3n) is 3.94. The van der Waals surface area contributed by atoms with Crippen molar-refractivity contribution in [3.63, 3.8) is 0 Å². The van der Waals surface area contributed by atoms with E-state index < -0.39 is 0 Å². The van der Waals surface area contributed by atoms with Gasteiger partial charge in [-0.1, -0.05) is 40.9 Å². The summed E-state index contributed by atoms with van der Waals surface area (Å²) in [6.45, 7) is 0. The summed E-state index contributed by atoms with van der Waals surface area (Å²) < 4.78 is 1.71. The number of nitrogens with zero attached hydrogens (tertiary/aromatic N) is 3. The highest BCUT2D eigenvalue weighted by molar-refractivity contribution is 6.35. The lowest BCUT2D eigenvalue weighted by molar-refractivity contribution is 0.473. The Morgan fingerprint density at radius 3 is 2.60 bits per heavy atom. The third kappa shape index (κ3) is 2.95. The molecule has 8 heteroatoms. The lowest BCUT2D eigenvalue weighted by Gasteiger charge is -2.25. The third-order valence-corrected chi connectivity index (χ3v) is 4.73. The van der Waals surface area contributed by atoms with Gasteiger partial charge in [0.25, 0.3) is 0 Å². The molecule has 0 saturated carbocycles. The van der Waals surface area contributed by atoms with E-state index in [2.05, 4.69) is 15.4 Å². The van der Waals surface area contributed by atoms with Crippen LogP contribution in [0.5, 0.6) is 5.75 Å². The summed E-state index contributed by atoms with van der Waals surface area (Å²) in [6.07, 6.45) is 3.36. The number of fused-ring (bicyclic) bond motifs is 1. The van der Waals surface area contributed by atoms with E-state index in [0.29, 0.717) is 32.3 Å². The van der Waals surface area contributed by atoms with Crippen molar-refractivity contribution in [2.24, 2.45) is 0 Å². The molecule has 2 aromatic carbocycles. The number of phenols is 1. The molecule has 0 radical (unpaired) electrons. The van der Waals surface area contributed by atoms with E-state index in [0.717, 1.165) is 5.56 Å². The van der Waals surface area contributed by atoms with Crippen LogP contribution in [-0.2, 0) is 0 Å². The number of halogens is 3. The number of rotatable bonds is 2. The Balaban J connectivity index is 1.87. The van der Waals surface area contributed by atoms with Gasteiger partial charge in [0, 0.05) is 20.6 Å². The van der Waals surface area contributed by atoms with Crippen LogP contribution in [0.25, 0.3) is 5.70 Å². The molecule has 0 bridgehead atoms. The van der Waals surface area contributed by atoms with Gasteiger partial charge in [0.1, 0.15) is 18.1 Å². The van der Waals surface area contributed by atoms with Crippen molar-refractivity contribution in [1.82, 2.24) is 14.8 Å². The highest BCUT2D eigenvalue weighted by Gasteiger charge is 2.26. The fourth-order valence-electron chi connectivity index (χ4n) is 2.78. The summed E-state index contributed by atoms with van der Waals surface area (Å²) in [7, 11) is 0. The largest absolute Gasteiger partial charge is 0.507 e. The smallest absolute Gasteiger partial charge is 0.226 e. The predicted octanol–water partition coefficient (Wildman–Crippen LogP) is 5.00. The Morgan fingerprint density at radius 1 is 1.04 bits per heavy atom. The number of aromatic nitrogens is 3. The van der Waals surface area contributed by atoms with Crippen molar-refractivity contribution in [3.8, 4) is 5.75 Å². The first kappa shape index (κ1) is 16.3. The summed E-state index contributed by atoms with van der Waals surface area (Å²) in [5.74, 6) is 0.643. The zero-order chi connectivity index (χ0) is 17.6. The quantitative estimate of drug-likeness (QED) is 0.643. The SMILES string of the molecule is Oc1ccc(Cl)cc1C1=CC(c2ccc(Cl)cc2Cl)n2ncnc2N1. The molecule has 126 valence electrons. The van der Waals surface area contributed by atoms with Gasteiger partial charge in [-0.05, 0) is 42.0 Å². The second-order valence-corrected chi connectivity index (χ2v) is 6.79. The second kappa shape index (κ2) is 6.26. The molecule has 25 heavy (non-hydrogen) atoms. The maximum Gasteiger partial charge on any atom is 0.226 e. The molecule has 0 saturated heterocycles. The number of aromatic hydroxyl groups is 1. The van der Waals surface area contributed by atoms with Crippen molar-refractivity contribution in [2.45, 2.75) is 6.04 Å². The molecule has 2 N–H and O–H groups in total. The Hall–Kier alpha value is -2.21. The first-order valence-electron chi connectivity index (χ1n) is 7.35. The standard InChI is InChI=1S/C17H11Cl3N4O/c18-9-2-4-16(25)12(5-9)14-7-15(24-17(23-14)21-8-22-24)11-3-1-10(19)6-13(11)20/h1-8,15,25H,(H,21,22,23). The number of phenolic OH excluding ortho intramolecular Hbond substituents is 1. The van der Waals surface area contributed by atoms with Crippen LogP contribution < -0.4 is 5.32 Å². The first-order valence-corrected chi connectivity index (χ1v) is 8.48. The van der Waals surface area contributed by atoms with E-state index in [1.807, 2.05) is 12.1 Å². The monoisotopic (exact) mass is 392 g/mol. The summed E-state index contributed by atoms with van der Waals surface area (Å²) in [5, 5.41) is 19.2. The molecule has 0 fully saturated rings. The molecule has 1 aliphatic rings. The van der Waals surface area contributed by atoms with Crippen molar-refractivity contribution in [3.05, 3.63) is 75.0 Å². The van der Waals surface area contributed by atoms with Crippen molar-refractivity contribution in [2.75, 3.05) is 5.32 Å². The van der Waals surface area contributed by atoms with Crippen LogP contribution in [0, 0.1) is 0 Å². The molecule has 0 aliphatic carbocycles. The van der Waals surface area contributed by atoms with Gasteiger partial charge in [-0.3, -0.25) is 0 Å². The summed E-state index contributed by atoms with van der Waals surface area (Å²) in [5.41, 5.74) is 2.05. The minimum absolute atomic E-state index is 0.108. The van der Waals surface area contributed by atoms with Crippen LogP contribution in [0.2, 0.25) is 15.1 Å². The lowest BCUT2D eigenvalue weighted by Crippen LogP contribution is -2.20. The van der Waals surface area contributed by atoms with Crippen molar-refractivity contribution >= 4 is 46.4 Å². The Bertz CT molecular complexity index is 999. The normalized spacial score (nSPS) is 16.1. The second-order valence-electron chi connectivity index (χ2n) is 5.51. The molecule has 1 unspecified atom stereocenters.